The van der Waals surface area contributed by atoms with Crippen LogP contribution < -0.4 is 4.90 Å². The number of aromatic nitrogens is 2. The number of anilines is 1. The number of fused-ring (bicyclic) bond motifs is 3. The van der Waals surface area contributed by atoms with Gasteiger partial charge in [0.15, 0.2) is 5.60 Å². The maximum absolute atomic E-state index is 14.1. The molecule has 0 unspecified atom stereocenters. The molecule has 0 aliphatic carbocycles. The summed E-state index contributed by atoms with van der Waals surface area (Å²) in [7, 11) is 4.03. The second kappa shape index (κ2) is 9.50. The third kappa shape index (κ3) is 3.68. The number of aromatic amines is 2. The molecule has 5 aromatic carbocycles. The Balaban J connectivity index is 1.61. The average Bonchev–Trinajstić information content (AvgIpc) is 3.72. The molecule has 7 aromatic rings. The molecule has 0 fully saturated rings. The predicted molar refractivity (Wildman–Crippen MR) is 174 cm³/mol. The molecule has 208 valence electrons. The van der Waals surface area contributed by atoms with Crippen LogP contribution in [0.1, 0.15) is 27.0 Å². The third-order valence-corrected chi connectivity index (χ3v) is 8.61. The van der Waals surface area contributed by atoms with E-state index in [1.807, 2.05) is 86.9 Å². The highest BCUT2D eigenvalue weighted by molar-refractivity contribution is 6.04. The lowest BCUT2D eigenvalue weighted by Crippen LogP contribution is -2.31. The molecule has 43 heavy (non-hydrogen) atoms. The van der Waals surface area contributed by atoms with Crippen LogP contribution in [-0.2, 0) is 10.3 Å². The highest BCUT2D eigenvalue weighted by Crippen LogP contribution is 2.56. The molecule has 0 saturated carbocycles. The van der Waals surface area contributed by atoms with E-state index in [9.17, 15) is 4.79 Å². The van der Waals surface area contributed by atoms with Crippen molar-refractivity contribution in [3.05, 3.63) is 150 Å². The molecule has 2 aromatic heterocycles. The minimum Gasteiger partial charge on any atom is -0.440 e. The Morgan fingerprint density at radius 2 is 1.09 bits per heavy atom. The lowest BCUT2D eigenvalue weighted by atomic mass is 9.75. The zero-order valence-electron chi connectivity index (χ0n) is 23.9. The molecule has 2 N–H and O–H groups in total. The van der Waals surface area contributed by atoms with Crippen molar-refractivity contribution in [2.75, 3.05) is 19.0 Å². The average molecular weight is 560 g/mol. The standard InChI is InChI=1S/C38H29N3O2/c1-41(2)26-21-22-27-30(23-26)38(43-37(27)42,33-28-17-9-11-19-31(28)39-35(33)24-13-5-3-6-14-24)34-29-18-10-12-20-32(29)40-36(34)25-15-7-4-8-16-25/h3-23,39-40H,1-2H3. The molecule has 8 rings (SSSR count). The van der Waals surface area contributed by atoms with Crippen molar-refractivity contribution >= 4 is 33.5 Å². The van der Waals surface area contributed by atoms with Gasteiger partial charge < -0.3 is 19.6 Å². The summed E-state index contributed by atoms with van der Waals surface area (Å²) < 4.78 is 6.89. The Morgan fingerprint density at radius 1 is 0.605 bits per heavy atom. The van der Waals surface area contributed by atoms with Gasteiger partial charge in [0.1, 0.15) is 0 Å². The fourth-order valence-electron chi connectivity index (χ4n) is 6.68. The van der Waals surface area contributed by atoms with E-state index >= 15 is 0 Å². The van der Waals surface area contributed by atoms with Gasteiger partial charge in [-0.25, -0.2) is 4.79 Å². The zero-order valence-corrected chi connectivity index (χ0v) is 23.9. The molecule has 0 spiro atoms. The van der Waals surface area contributed by atoms with Crippen molar-refractivity contribution in [2.45, 2.75) is 5.60 Å². The SMILES string of the molecule is CN(C)c1ccc2c(c1)C(c1c(-c3ccccc3)[nH]c3ccccc13)(c1c(-c3ccccc3)[nH]c3ccccc13)OC2=O. The van der Waals surface area contributed by atoms with Crippen LogP contribution in [0.3, 0.4) is 0 Å². The first-order chi connectivity index (χ1) is 21.1. The first kappa shape index (κ1) is 25.2. The van der Waals surface area contributed by atoms with E-state index in [2.05, 4.69) is 69.5 Å². The Labute approximate surface area is 249 Å². The summed E-state index contributed by atoms with van der Waals surface area (Å²) in [6.07, 6.45) is 0. The van der Waals surface area contributed by atoms with Gasteiger partial charge in [0.2, 0.25) is 0 Å². The van der Waals surface area contributed by atoms with Crippen molar-refractivity contribution in [2.24, 2.45) is 0 Å². The molecular formula is C38H29N3O2. The van der Waals surface area contributed by atoms with Gasteiger partial charge in [0, 0.05) is 58.3 Å². The number of H-pyrrole nitrogens is 2. The molecule has 1 aliphatic heterocycles. The molecule has 0 radical (unpaired) electrons. The molecule has 3 heterocycles. The summed E-state index contributed by atoms with van der Waals surface area (Å²) in [5.41, 5.74) is 8.77. The second-order valence-corrected chi connectivity index (χ2v) is 11.3. The van der Waals surface area contributed by atoms with Crippen molar-refractivity contribution in [3.63, 3.8) is 0 Å². The number of hydrogen-bond donors (Lipinski definition) is 2. The number of nitrogens with one attached hydrogen (secondary N) is 2. The number of rotatable bonds is 5. The molecule has 5 heteroatoms. The van der Waals surface area contributed by atoms with E-state index in [0.29, 0.717) is 5.56 Å². The van der Waals surface area contributed by atoms with Crippen LogP contribution in [0.25, 0.3) is 44.3 Å². The lowest BCUT2D eigenvalue weighted by Gasteiger charge is -2.32. The summed E-state index contributed by atoms with van der Waals surface area (Å²) in [5.74, 6) is -0.339. The van der Waals surface area contributed by atoms with Crippen LogP contribution in [0.5, 0.6) is 0 Å². The molecule has 5 nitrogen and oxygen atoms in total. The van der Waals surface area contributed by atoms with Crippen LogP contribution in [0.4, 0.5) is 5.69 Å². The number of carbonyl (C=O) groups excluding carboxylic acids is 1. The van der Waals surface area contributed by atoms with Gasteiger partial charge in [0.25, 0.3) is 0 Å². The normalized spacial score (nSPS) is 13.8. The van der Waals surface area contributed by atoms with Crippen molar-refractivity contribution in [3.8, 4) is 22.5 Å². The number of cyclic esters (lactones) is 1. The second-order valence-electron chi connectivity index (χ2n) is 11.3. The number of carbonyl (C=O) groups is 1. The monoisotopic (exact) mass is 559 g/mol. The smallest absolute Gasteiger partial charge is 0.340 e. The summed E-state index contributed by atoms with van der Waals surface area (Å²) in [5, 5.41) is 2.00. The van der Waals surface area contributed by atoms with Gasteiger partial charge in [0.05, 0.1) is 17.0 Å². The summed E-state index contributed by atoms with van der Waals surface area (Å²) in [4.78, 5) is 23.6. The van der Waals surface area contributed by atoms with Crippen molar-refractivity contribution in [1.29, 1.82) is 0 Å². The van der Waals surface area contributed by atoms with Gasteiger partial charge in [-0.15, -0.1) is 0 Å². The Bertz CT molecular complexity index is 2040. The Morgan fingerprint density at radius 3 is 1.60 bits per heavy atom. The van der Waals surface area contributed by atoms with E-state index < -0.39 is 5.60 Å². The molecule has 0 amide bonds. The van der Waals surface area contributed by atoms with E-state index in [-0.39, 0.29) is 5.97 Å². The largest absolute Gasteiger partial charge is 0.440 e. The summed E-state index contributed by atoms with van der Waals surface area (Å²) >= 11 is 0. The number of hydrogen-bond acceptors (Lipinski definition) is 3. The minimum atomic E-state index is -1.27. The van der Waals surface area contributed by atoms with E-state index in [1.165, 1.54) is 0 Å². The fraction of sp³-hybridized carbons (Fsp3) is 0.0789. The predicted octanol–water partition coefficient (Wildman–Crippen LogP) is 8.51. The van der Waals surface area contributed by atoms with Gasteiger partial charge >= 0.3 is 5.97 Å². The van der Waals surface area contributed by atoms with Gasteiger partial charge in [-0.3, -0.25) is 0 Å². The van der Waals surface area contributed by atoms with Crippen LogP contribution in [0.15, 0.2) is 127 Å². The van der Waals surface area contributed by atoms with Crippen molar-refractivity contribution < 1.29 is 9.53 Å². The number of para-hydroxylation sites is 2. The number of benzene rings is 5. The van der Waals surface area contributed by atoms with Crippen LogP contribution in [0.2, 0.25) is 0 Å². The van der Waals surface area contributed by atoms with E-state index in [0.717, 1.165) is 66.7 Å². The topological polar surface area (TPSA) is 61.1 Å². The van der Waals surface area contributed by atoms with Crippen LogP contribution in [0, 0.1) is 0 Å². The lowest BCUT2D eigenvalue weighted by molar-refractivity contribution is 0.0263. The molecule has 0 atom stereocenters. The van der Waals surface area contributed by atoms with Crippen molar-refractivity contribution in [1.82, 2.24) is 9.97 Å². The third-order valence-electron chi connectivity index (χ3n) is 8.61. The highest BCUT2D eigenvalue weighted by Gasteiger charge is 2.54. The summed E-state index contributed by atoms with van der Waals surface area (Å²) in [6.45, 7) is 0. The quantitative estimate of drug-likeness (QED) is 0.208. The summed E-state index contributed by atoms with van der Waals surface area (Å²) in [6, 6.07) is 43.2. The number of esters is 1. The molecular weight excluding hydrogens is 530 g/mol. The first-order valence-electron chi connectivity index (χ1n) is 14.4. The Kier molecular flexibility index (Phi) is 5.56. The molecule has 0 saturated heterocycles. The first-order valence-corrected chi connectivity index (χ1v) is 14.4. The molecule has 1 aliphatic rings. The minimum absolute atomic E-state index is 0.339. The maximum Gasteiger partial charge on any atom is 0.340 e. The van der Waals surface area contributed by atoms with Gasteiger partial charge in [-0.2, -0.15) is 0 Å². The van der Waals surface area contributed by atoms with Crippen LogP contribution >= 0.6 is 0 Å². The van der Waals surface area contributed by atoms with E-state index in [4.69, 9.17) is 4.74 Å². The Hall–Kier alpha value is -5.55. The van der Waals surface area contributed by atoms with Crippen LogP contribution in [-0.4, -0.2) is 30.0 Å². The molecule has 0 bridgehead atoms. The highest BCUT2D eigenvalue weighted by atomic mass is 16.6. The maximum atomic E-state index is 14.1. The van der Waals surface area contributed by atoms with Gasteiger partial charge in [-0.1, -0.05) is 97.1 Å². The van der Waals surface area contributed by atoms with E-state index in [1.54, 1.807) is 0 Å². The zero-order chi connectivity index (χ0) is 29.1. The number of ether oxygens (including phenoxy) is 1. The number of nitrogens with zero attached hydrogens (tertiary/aromatic N) is 1. The fourth-order valence-corrected chi connectivity index (χ4v) is 6.68. The van der Waals surface area contributed by atoms with Gasteiger partial charge in [-0.05, 0) is 41.5 Å².